The second kappa shape index (κ2) is 13.0. The largest absolute Gasteiger partial charge is 0.238 e. The number of aromatic nitrogens is 2. The summed E-state index contributed by atoms with van der Waals surface area (Å²) < 4.78 is 0. The third-order valence-corrected chi connectivity index (χ3v) is 10.5. The van der Waals surface area contributed by atoms with Crippen molar-refractivity contribution in [3.63, 3.8) is 0 Å². The highest BCUT2D eigenvalue weighted by Crippen LogP contribution is 2.50. The molecule has 1 aliphatic carbocycles. The van der Waals surface area contributed by atoms with Crippen molar-refractivity contribution in [2.24, 2.45) is 0 Å². The van der Waals surface area contributed by atoms with Gasteiger partial charge >= 0.3 is 0 Å². The summed E-state index contributed by atoms with van der Waals surface area (Å²) in [5.41, 5.74) is 17.1. The van der Waals surface area contributed by atoms with E-state index in [2.05, 4.69) is 164 Å². The minimum atomic E-state index is -0.148. The quantitative estimate of drug-likeness (QED) is 0.164. The van der Waals surface area contributed by atoms with Gasteiger partial charge in [0.2, 0.25) is 0 Å². The van der Waals surface area contributed by atoms with Crippen molar-refractivity contribution in [1.82, 2.24) is 9.97 Å². The predicted molar refractivity (Wildman–Crippen MR) is 218 cm³/mol. The molecule has 7 aromatic carbocycles. The zero-order valence-electron chi connectivity index (χ0n) is 29.6. The first-order valence-electron chi connectivity index (χ1n) is 17.9. The SMILES string of the molecule is [C-]#[N+]c1ccc2c(c1)-c1ccc(-c3ccc(-c4cc(-c5cc(-c6ccccc6)cc(-c6ccccc6)c5)nc(-c5ccccc5)n4)cc3)cc1C2(C)C. The minimum Gasteiger partial charge on any atom is -0.238 e. The summed E-state index contributed by atoms with van der Waals surface area (Å²) in [5, 5.41) is 0. The van der Waals surface area contributed by atoms with Crippen LogP contribution < -0.4 is 0 Å². The van der Waals surface area contributed by atoms with Gasteiger partial charge in [0.15, 0.2) is 11.5 Å². The number of benzene rings is 7. The van der Waals surface area contributed by atoms with Gasteiger partial charge in [-0.25, -0.2) is 14.8 Å². The summed E-state index contributed by atoms with van der Waals surface area (Å²) in [4.78, 5) is 14.0. The molecule has 0 amide bonds. The van der Waals surface area contributed by atoms with Crippen molar-refractivity contribution in [3.05, 3.63) is 198 Å². The van der Waals surface area contributed by atoms with Crippen molar-refractivity contribution < 1.29 is 0 Å². The normalized spacial score (nSPS) is 12.5. The molecule has 8 aromatic rings. The topological polar surface area (TPSA) is 30.1 Å². The van der Waals surface area contributed by atoms with E-state index in [0.29, 0.717) is 11.5 Å². The van der Waals surface area contributed by atoms with Gasteiger partial charge in [-0.2, -0.15) is 0 Å². The van der Waals surface area contributed by atoms with Crippen LogP contribution >= 0.6 is 0 Å². The van der Waals surface area contributed by atoms with E-state index in [1.807, 2.05) is 30.3 Å². The van der Waals surface area contributed by atoms with Crippen LogP contribution in [-0.4, -0.2) is 9.97 Å². The van der Waals surface area contributed by atoms with E-state index < -0.39 is 0 Å². The van der Waals surface area contributed by atoms with Crippen LogP contribution in [0.2, 0.25) is 0 Å². The Balaban J connectivity index is 1.13. The number of fused-ring (bicyclic) bond motifs is 3. The fraction of sp³-hybridized carbons (Fsp3) is 0.0600. The Morgan fingerprint density at radius 1 is 0.396 bits per heavy atom. The van der Waals surface area contributed by atoms with Crippen LogP contribution in [0.15, 0.2) is 176 Å². The van der Waals surface area contributed by atoms with E-state index in [9.17, 15) is 0 Å². The maximum absolute atomic E-state index is 7.53. The number of rotatable bonds is 6. The second-order valence-electron chi connectivity index (χ2n) is 14.2. The molecule has 0 bridgehead atoms. The van der Waals surface area contributed by atoms with Gasteiger partial charge in [-0.15, -0.1) is 0 Å². The molecule has 3 nitrogen and oxygen atoms in total. The lowest BCUT2D eigenvalue weighted by atomic mass is 9.81. The molecule has 0 radical (unpaired) electrons. The Morgan fingerprint density at radius 3 is 1.51 bits per heavy atom. The van der Waals surface area contributed by atoms with Crippen molar-refractivity contribution in [1.29, 1.82) is 0 Å². The summed E-state index contributed by atoms with van der Waals surface area (Å²) in [5.74, 6) is 0.690. The molecule has 9 rings (SSSR count). The van der Waals surface area contributed by atoms with Gasteiger partial charge in [-0.05, 0) is 92.0 Å². The van der Waals surface area contributed by atoms with Crippen molar-refractivity contribution in [2.45, 2.75) is 19.3 Å². The summed E-state index contributed by atoms with van der Waals surface area (Å²) in [7, 11) is 0. The Kier molecular flexibility index (Phi) is 7.87. The fourth-order valence-corrected chi connectivity index (χ4v) is 7.65. The van der Waals surface area contributed by atoms with Crippen molar-refractivity contribution in [3.8, 4) is 78.4 Å². The molecule has 53 heavy (non-hydrogen) atoms. The van der Waals surface area contributed by atoms with E-state index in [1.165, 1.54) is 27.8 Å². The molecule has 1 heterocycles. The maximum atomic E-state index is 7.53. The van der Waals surface area contributed by atoms with Gasteiger partial charge < -0.3 is 0 Å². The van der Waals surface area contributed by atoms with E-state index in [4.69, 9.17) is 16.5 Å². The van der Waals surface area contributed by atoms with Crippen LogP contribution in [0.3, 0.4) is 0 Å². The Labute approximate surface area is 310 Å². The number of hydrogen-bond donors (Lipinski definition) is 0. The molecule has 0 aliphatic heterocycles. The lowest BCUT2D eigenvalue weighted by Crippen LogP contribution is -2.14. The van der Waals surface area contributed by atoms with E-state index in [1.54, 1.807) is 0 Å². The Bertz CT molecular complexity index is 2610. The average molecular weight is 678 g/mol. The molecule has 0 saturated heterocycles. The molecule has 0 atom stereocenters. The standard InChI is InChI=1S/C50H35N3/c1-50(2)45-26-24-42(51-3)31-44(45)43-25-23-38(30-46(43)50)35-19-21-36(22-20-35)47-32-48(53-49(52-47)37-17-11-6-12-18-37)41-28-39(33-13-7-4-8-14-33)27-40(29-41)34-15-9-5-10-16-34/h4-32H,1-2H3. The maximum Gasteiger partial charge on any atom is 0.187 e. The average Bonchev–Trinajstić information content (AvgIpc) is 3.46. The van der Waals surface area contributed by atoms with Crippen molar-refractivity contribution >= 4 is 5.69 Å². The monoisotopic (exact) mass is 677 g/mol. The van der Waals surface area contributed by atoms with Crippen LogP contribution in [0.25, 0.3) is 83.3 Å². The van der Waals surface area contributed by atoms with E-state index >= 15 is 0 Å². The third-order valence-electron chi connectivity index (χ3n) is 10.5. The molecule has 3 heteroatoms. The molecule has 1 aromatic heterocycles. The highest BCUT2D eigenvalue weighted by molar-refractivity contribution is 5.86. The minimum absolute atomic E-state index is 0.148. The summed E-state index contributed by atoms with van der Waals surface area (Å²) in [6, 6.07) is 61.7. The molecule has 0 spiro atoms. The zero-order valence-corrected chi connectivity index (χ0v) is 29.6. The lowest BCUT2D eigenvalue weighted by molar-refractivity contribution is 0.660. The van der Waals surface area contributed by atoms with E-state index in [0.717, 1.165) is 55.9 Å². The van der Waals surface area contributed by atoms with Gasteiger partial charge in [-0.3, -0.25) is 0 Å². The molecule has 0 unspecified atom stereocenters. The van der Waals surface area contributed by atoms with E-state index in [-0.39, 0.29) is 5.41 Å². The molecule has 0 N–H and O–H groups in total. The Hall–Kier alpha value is -6.89. The lowest BCUT2D eigenvalue weighted by Gasteiger charge is -2.22. The van der Waals surface area contributed by atoms with Crippen LogP contribution in [0.1, 0.15) is 25.0 Å². The molecular weight excluding hydrogens is 643 g/mol. The first kappa shape index (κ1) is 32.0. The Morgan fingerprint density at radius 2 is 0.906 bits per heavy atom. The van der Waals surface area contributed by atoms with Gasteiger partial charge in [0.05, 0.1) is 18.0 Å². The zero-order chi connectivity index (χ0) is 35.9. The molecule has 1 aliphatic rings. The molecule has 0 saturated carbocycles. The van der Waals surface area contributed by atoms with Gasteiger partial charge in [-0.1, -0.05) is 153 Å². The summed E-state index contributed by atoms with van der Waals surface area (Å²) >= 11 is 0. The van der Waals surface area contributed by atoms with Crippen LogP contribution in [0, 0.1) is 6.57 Å². The summed E-state index contributed by atoms with van der Waals surface area (Å²) in [6.07, 6.45) is 0. The fourth-order valence-electron chi connectivity index (χ4n) is 7.65. The first-order valence-corrected chi connectivity index (χ1v) is 17.9. The van der Waals surface area contributed by atoms with Crippen LogP contribution in [0.4, 0.5) is 5.69 Å². The predicted octanol–water partition coefficient (Wildman–Crippen LogP) is 13.3. The highest BCUT2D eigenvalue weighted by Gasteiger charge is 2.35. The first-order chi connectivity index (χ1) is 25.9. The molecule has 250 valence electrons. The van der Waals surface area contributed by atoms with Crippen LogP contribution in [-0.2, 0) is 5.41 Å². The van der Waals surface area contributed by atoms with Gasteiger partial charge in [0.25, 0.3) is 0 Å². The highest BCUT2D eigenvalue weighted by atomic mass is 14.9. The van der Waals surface area contributed by atoms with Gasteiger partial charge in [0, 0.05) is 22.1 Å². The second-order valence-corrected chi connectivity index (χ2v) is 14.2. The third kappa shape index (κ3) is 5.91. The smallest absolute Gasteiger partial charge is 0.187 e. The number of nitrogens with zero attached hydrogens (tertiary/aromatic N) is 3. The molecular formula is C50H35N3. The summed E-state index contributed by atoms with van der Waals surface area (Å²) in [6.45, 7) is 12.1. The van der Waals surface area contributed by atoms with Crippen LogP contribution in [0.5, 0.6) is 0 Å². The number of hydrogen-bond acceptors (Lipinski definition) is 2. The molecule has 0 fully saturated rings. The van der Waals surface area contributed by atoms with Gasteiger partial charge in [0.1, 0.15) is 0 Å². The van der Waals surface area contributed by atoms with Crippen molar-refractivity contribution in [2.75, 3.05) is 0 Å².